The first-order chi connectivity index (χ1) is 7.75. The van der Waals surface area contributed by atoms with Crippen molar-refractivity contribution in [1.29, 1.82) is 0 Å². The van der Waals surface area contributed by atoms with E-state index in [2.05, 4.69) is 47.3 Å². The van der Waals surface area contributed by atoms with Crippen molar-refractivity contribution in [3.63, 3.8) is 0 Å². The Kier molecular flexibility index (Phi) is 3.15. The zero-order valence-electron chi connectivity index (χ0n) is 9.57. The number of aromatic nitrogens is 2. The molecule has 0 spiro atoms. The van der Waals surface area contributed by atoms with E-state index in [0.717, 1.165) is 17.9 Å². The Morgan fingerprint density at radius 3 is 2.69 bits per heavy atom. The molecular formula is C13H15N3. The summed E-state index contributed by atoms with van der Waals surface area (Å²) in [5.74, 6) is 0. The maximum absolute atomic E-state index is 4.16. The Morgan fingerprint density at radius 1 is 1.12 bits per heavy atom. The summed E-state index contributed by atoms with van der Waals surface area (Å²) >= 11 is 0. The molecule has 82 valence electrons. The van der Waals surface area contributed by atoms with Crippen LogP contribution in [0.2, 0.25) is 0 Å². The summed E-state index contributed by atoms with van der Waals surface area (Å²) in [7, 11) is 0. The smallest absolute Gasteiger partial charge is 0.115 e. The molecule has 3 heteroatoms. The molecule has 1 heterocycles. The van der Waals surface area contributed by atoms with Gasteiger partial charge in [0.1, 0.15) is 6.33 Å². The van der Waals surface area contributed by atoms with Crippen molar-refractivity contribution in [2.24, 2.45) is 0 Å². The molecule has 1 aromatic carbocycles. The van der Waals surface area contributed by atoms with Gasteiger partial charge in [-0.3, -0.25) is 0 Å². The van der Waals surface area contributed by atoms with Gasteiger partial charge in [0.25, 0.3) is 0 Å². The van der Waals surface area contributed by atoms with Crippen LogP contribution in [0.25, 0.3) is 0 Å². The third-order valence-corrected chi connectivity index (χ3v) is 2.62. The normalized spacial score (nSPS) is 10.1. The molecule has 1 N–H and O–H groups in total. The van der Waals surface area contributed by atoms with Crippen molar-refractivity contribution in [2.75, 3.05) is 5.32 Å². The van der Waals surface area contributed by atoms with Gasteiger partial charge < -0.3 is 5.32 Å². The van der Waals surface area contributed by atoms with Crippen LogP contribution in [0.3, 0.4) is 0 Å². The second-order valence-electron chi connectivity index (χ2n) is 3.85. The highest BCUT2D eigenvalue weighted by Crippen LogP contribution is 2.14. The van der Waals surface area contributed by atoms with Crippen LogP contribution in [-0.4, -0.2) is 9.97 Å². The molecule has 0 saturated heterocycles. The van der Waals surface area contributed by atoms with Crippen molar-refractivity contribution in [1.82, 2.24) is 9.97 Å². The van der Waals surface area contributed by atoms with Gasteiger partial charge >= 0.3 is 0 Å². The lowest BCUT2D eigenvalue weighted by atomic mass is 10.1. The molecule has 0 unspecified atom stereocenters. The fourth-order valence-electron chi connectivity index (χ4n) is 1.47. The van der Waals surface area contributed by atoms with Gasteiger partial charge in [-0.25, -0.2) is 9.97 Å². The van der Waals surface area contributed by atoms with Gasteiger partial charge in [-0.1, -0.05) is 6.07 Å². The van der Waals surface area contributed by atoms with Crippen molar-refractivity contribution >= 4 is 5.69 Å². The first kappa shape index (κ1) is 10.6. The van der Waals surface area contributed by atoms with Gasteiger partial charge in [-0.15, -0.1) is 0 Å². The van der Waals surface area contributed by atoms with E-state index in [1.165, 1.54) is 11.1 Å². The quantitative estimate of drug-likeness (QED) is 0.851. The van der Waals surface area contributed by atoms with Crippen LogP contribution in [0.4, 0.5) is 5.69 Å². The van der Waals surface area contributed by atoms with E-state index >= 15 is 0 Å². The van der Waals surface area contributed by atoms with Crippen LogP contribution in [-0.2, 0) is 6.54 Å². The first-order valence-corrected chi connectivity index (χ1v) is 5.32. The van der Waals surface area contributed by atoms with E-state index in [9.17, 15) is 0 Å². The summed E-state index contributed by atoms with van der Waals surface area (Å²) < 4.78 is 0. The number of hydrogen-bond donors (Lipinski definition) is 1. The number of rotatable bonds is 3. The fraction of sp³-hybridized carbons (Fsp3) is 0.231. The highest BCUT2D eigenvalue weighted by atomic mass is 14.9. The SMILES string of the molecule is Cc1ccc(NCc2ccncn2)cc1C. The number of nitrogens with one attached hydrogen (secondary N) is 1. The zero-order chi connectivity index (χ0) is 11.4. The van der Waals surface area contributed by atoms with Crippen LogP contribution < -0.4 is 5.32 Å². The van der Waals surface area contributed by atoms with Crippen molar-refractivity contribution in [3.05, 3.63) is 53.6 Å². The monoisotopic (exact) mass is 213 g/mol. The first-order valence-electron chi connectivity index (χ1n) is 5.32. The third-order valence-electron chi connectivity index (χ3n) is 2.62. The van der Waals surface area contributed by atoms with Gasteiger partial charge in [0.2, 0.25) is 0 Å². The van der Waals surface area contributed by atoms with E-state index in [4.69, 9.17) is 0 Å². The number of nitrogens with zero attached hydrogens (tertiary/aromatic N) is 2. The summed E-state index contributed by atoms with van der Waals surface area (Å²) in [6, 6.07) is 8.27. The Labute approximate surface area is 95.6 Å². The van der Waals surface area contributed by atoms with E-state index in [1.54, 1.807) is 12.5 Å². The van der Waals surface area contributed by atoms with E-state index < -0.39 is 0 Å². The number of anilines is 1. The predicted molar refractivity (Wildman–Crippen MR) is 65.3 cm³/mol. The van der Waals surface area contributed by atoms with Crippen LogP contribution in [0.15, 0.2) is 36.8 Å². The summed E-state index contributed by atoms with van der Waals surface area (Å²) in [4.78, 5) is 8.05. The second-order valence-corrected chi connectivity index (χ2v) is 3.85. The maximum atomic E-state index is 4.16. The minimum absolute atomic E-state index is 0.727. The van der Waals surface area contributed by atoms with E-state index in [-0.39, 0.29) is 0 Å². The van der Waals surface area contributed by atoms with Gasteiger partial charge in [-0.2, -0.15) is 0 Å². The lowest BCUT2D eigenvalue weighted by molar-refractivity contribution is 1.01. The minimum atomic E-state index is 0.727. The third kappa shape index (κ3) is 2.57. The molecule has 0 radical (unpaired) electrons. The average Bonchev–Trinajstić information content (AvgIpc) is 2.32. The molecule has 16 heavy (non-hydrogen) atoms. The molecule has 0 saturated carbocycles. The highest BCUT2D eigenvalue weighted by molar-refractivity contribution is 5.48. The van der Waals surface area contributed by atoms with Crippen LogP contribution in [0.5, 0.6) is 0 Å². The summed E-state index contributed by atoms with van der Waals surface area (Å²) in [5, 5.41) is 3.34. The summed E-state index contributed by atoms with van der Waals surface area (Å²) in [6.07, 6.45) is 3.32. The zero-order valence-corrected chi connectivity index (χ0v) is 9.57. The molecule has 0 atom stereocenters. The van der Waals surface area contributed by atoms with Crippen LogP contribution in [0.1, 0.15) is 16.8 Å². The van der Waals surface area contributed by atoms with E-state index in [0.29, 0.717) is 0 Å². The summed E-state index contributed by atoms with van der Waals surface area (Å²) in [5.41, 5.74) is 4.73. The van der Waals surface area contributed by atoms with Crippen molar-refractivity contribution in [3.8, 4) is 0 Å². The van der Waals surface area contributed by atoms with Crippen LogP contribution >= 0.6 is 0 Å². The molecule has 1 aromatic heterocycles. The number of hydrogen-bond acceptors (Lipinski definition) is 3. The highest BCUT2D eigenvalue weighted by Gasteiger charge is 1.97. The number of benzene rings is 1. The molecule has 0 aliphatic carbocycles. The topological polar surface area (TPSA) is 37.8 Å². The Morgan fingerprint density at radius 2 is 2.00 bits per heavy atom. The summed E-state index contributed by atoms with van der Waals surface area (Å²) in [6.45, 7) is 4.96. The Bertz CT molecular complexity index is 466. The molecule has 0 amide bonds. The Balaban J connectivity index is 2.03. The van der Waals surface area contributed by atoms with Crippen molar-refractivity contribution in [2.45, 2.75) is 20.4 Å². The standard InChI is InChI=1S/C13H15N3/c1-10-3-4-12(7-11(10)2)15-8-13-5-6-14-9-16-13/h3-7,9,15H,8H2,1-2H3. The molecule has 0 bridgehead atoms. The molecule has 0 aliphatic rings. The maximum Gasteiger partial charge on any atom is 0.115 e. The van der Waals surface area contributed by atoms with Gasteiger partial charge in [0, 0.05) is 11.9 Å². The minimum Gasteiger partial charge on any atom is -0.379 e. The Hall–Kier alpha value is -1.90. The van der Waals surface area contributed by atoms with Gasteiger partial charge in [0.15, 0.2) is 0 Å². The lowest BCUT2D eigenvalue weighted by Crippen LogP contribution is -2.01. The average molecular weight is 213 g/mol. The largest absolute Gasteiger partial charge is 0.379 e. The fourth-order valence-corrected chi connectivity index (χ4v) is 1.47. The van der Waals surface area contributed by atoms with Crippen molar-refractivity contribution < 1.29 is 0 Å². The molecule has 0 aliphatic heterocycles. The van der Waals surface area contributed by atoms with E-state index in [1.807, 2.05) is 6.07 Å². The van der Waals surface area contributed by atoms with Crippen LogP contribution in [0, 0.1) is 13.8 Å². The van der Waals surface area contributed by atoms with Gasteiger partial charge in [0.05, 0.1) is 12.2 Å². The molecule has 3 nitrogen and oxygen atoms in total. The number of aryl methyl sites for hydroxylation is 2. The predicted octanol–water partition coefficient (Wildman–Crippen LogP) is 2.71. The molecule has 2 rings (SSSR count). The second kappa shape index (κ2) is 4.75. The molecule has 0 fully saturated rings. The lowest BCUT2D eigenvalue weighted by Gasteiger charge is -2.07. The van der Waals surface area contributed by atoms with Gasteiger partial charge in [-0.05, 0) is 43.2 Å². The molecule has 2 aromatic rings. The molecular weight excluding hydrogens is 198 g/mol.